The third-order valence-electron chi connectivity index (χ3n) is 2.20. The molecular formula is C11H19N3OS. The van der Waals surface area contributed by atoms with Gasteiger partial charge in [-0.05, 0) is 19.9 Å². The third-order valence-corrected chi connectivity index (χ3v) is 3.11. The van der Waals surface area contributed by atoms with E-state index >= 15 is 0 Å². The summed E-state index contributed by atoms with van der Waals surface area (Å²) in [4.78, 5) is 17.4. The average Bonchev–Trinajstić information content (AvgIpc) is 2.67. The molecule has 1 rings (SSSR count). The Morgan fingerprint density at radius 3 is 2.88 bits per heavy atom. The average molecular weight is 241 g/mol. The summed E-state index contributed by atoms with van der Waals surface area (Å²) in [6, 6.07) is 0. The molecule has 16 heavy (non-hydrogen) atoms. The van der Waals surface area contributed by atoms with Crippen LogP contribution in [0.2, 0.25) is 0 Å². The molecule has 1 heterocycles. The van der Waals surface area contributed by atoms with Crippen molar-refractivity contribution in [2.75, 3.05) is 18.0 Å². The van der Waals surface area contributed by atoms with Crippen LogP contribution in [0.5, 0.6) is 0 Å². The first kappa shape index (κ1) is 13.1. The number of carbonyl (C=O) groups excluding carboxylic acids is 1. The van der Waals surface area contributed by atoms with Crippen LogP contribution in [0.1, 0.15) is 32.9 Å². The predicted octanol–water partition coefficient (Wildman–Crippen LogP) is 2.02. The lowest BCUT2D eigenvalue weighted by Crippen LogP contribution is -2.27. The largest absolute Gasteiger partial charge is 0.311 e. The highest BCUT2D eigenvalue weighted by molar-refractivity contribution is 7.14. The molecule has 0 aromatic carbocycles. The fraction of sp³-hybridized carbons (Fsp3) is 0.636. The van der Waals surface area contributed by atoms with Gasteiger partial charge in [-0.3, -0.25) is 9.69 Å². The fourth-order valence-electron chi connectivity index (χ4n) is 1.39. The van der Waals surface area contributed by atoms with Gasteiger partial charge < -0.3 is 5.32 Å². The van der Waals surface area contributed by atoms with Crippen LogP contribution < -0.4 is 10.2 Å². The maximum absolute atomic E-state index is 11.3. The van der Waals surface area contributed by atoms with E-state index in [9.17, 15) is 4.79 Å². The molecule has 0 bridgehead atoms. The summed E-state index contributed by atoms with van der Waals surface area (Å²) < 4.78 is 0. The molecule has 4 nitrogen and oxygen atoms in total. The number of hydrogen-bond acceptors (Lipinski definition) is 4. The van der Waals surface area contributed by atoms with Crippen molar-refractivity contribution in [3.8, 4) is 0 Å². The predicted molar refractivity (Wildman–Crippen MR) is 67.8 cm³/mol. The maximum Gasteiger partial charge on any atom is 0.225 e. The van der Waals surface area contributed by atoms with Crippen LogP contribution in [-0.2, 0) is 11.3 Å². The lowest BCUT2D eigenvalue weighted by molar-refractivity contribution is -0.116. The summed E-state index contributed by atoms with van der Waals surface area (Å²) in [5.74, 6) is 0.0462. The minimum absolute atomic E-state index is 0.0462. The molecule has 0 fully saturated rings. The number of thiazole rings is 1. The first-order valence-corrected chi connectivity index (χ1v) is 6.50. The molecule has 0 unspecified atom stereocenters. The smallest absolute Gasteiger partial charge is 0.225 e. The van der Waals surface area contributed by atoms with Gasteiger partial charge in [0.1, 0.15) is 0 Å². The molecule has 0 radical (unpaired) electrons. The minimum Gasteiger partial charge on any atom is -0.311 e. The zero-order valence-corrected chi connectivity index (χ0v) is 10.9. The number of aromatic nitrogens is 1. The Kier molecular flexibility index (Phi) is 5.42. The van der Waals surface area contributed by atoms with Crippen LogP contribution in [0.4, 0.5) is 5.13 Å². The topological polar surface area (TPSA) is 45.2 Å². The normalized spacial score (nSPS) is 10.4. The van der Waals surface area contributed by atoms with E-state index in [1.807, 2.05) is 12.3 Å². The SMILES string of the molecule is CCCNCc1csc(N(CC)C(C)=O)n1. The summed E-state index contributed by atoms with van der Waals surface area (Å²) in [6.45, 7) is 8.10. The summed E-state index contributed by atoms with van der Waals surface area (Å²) in [7, 11) is 0. The molecule has 0 aliphatic heterocycles. The van der Waals surface area contributed by atoms with Gasteiger partial charge >= 0.3 is 0 Å². The summed E-state index contributed by atoms with van der Waals surface area (Å²) >= 11 is 1.52. The highest BCUT2D eigenvalue weighted by Gasteiger charge is 2.12. The number of nitrogens with one attached hydrogen (secondary N) is 1. The zero-order chi connectivity index (χ0) is 12.0. The zero-order valence-electron chi connectivity index (χ0n) is 10.1. The van der Waals surface area contributed by atoms with Crippen molar-refractivity contribution in [1.82, 2.24) is 10.3 Å². The number of nitrogens with zero attached hydrogens (tertiary/aromatic N) is 2. The highest BCUT2D eigenvalue weighted by Crippen LogP contribution is 2.20. The Morgan fingerprint density at radius 1 is 1.56 bits per heavy atom. The molecule has 0 saturated carbocycles. The van der Waals surface area contributed by atoms with E-state index < -0.39 is 0 Å². The van der Waals surface area contributed by atoms with Crippen molar-refractivity contribution < 1.29 is 4.79 Å². The lowest BCUT2D eigenvalue weighted by atomic mass is 10.4. The van der Waals surface area contributed by atoms with E-state index in [1.165, 1.54) is 11.3 Å². The van der Waals surface area contributed by atoms with Crippen molar-refractivity contribution in [2.45, 2.75) is 33.7 Å². The second-order valence-corrected chi connectivity index (χ2v) is 4.40. The van der Waals surface area contributed by atoms with Gasteiger partial charge in [0.25, 0.3) is 0 Å². The second kappa shape index (κ2) is 6.60. The molecule has 0 saturated heterocycles. The number of carbonyl (C=O) groups is 1. The van der Waals surface area contributed by atoms with Gasteiger partial charge in [0.15, 0.2) is 5.13 Å². The van der Waals surface area contributed by atoms with Crippen LogP contribution in [0, 0.1) is 0 Å². The van der Waals surface area contributed by atoms with E-state index in [2.05, 4.69) is 17.2 Å². The number of anilines is 1. The van der Waals surface area contributed by atoms with Crippen LogP contribution in [0.15, 0.2) is 5.38 Å². The standard InChI is InChI=1S/C11H19N3OS/c1-4-6-12-7-10-8-16-11(13-10)14(5-2)9(3)15/h8,12H,4-7H2,1-3H3. The van der Waals surface area contributed by atoms with Crippen molar-refractivity contribution in [3.05, 3.63) is 11.1 Å². The van der Waals surface area contributed by atoms with Crippen LogP contribution in [0.3, 0.4) is 0 Å². The van der Waals surface area contributed by atoms with E-state index in [0.29, 0.717) is 6.54 Å². The summed E-state index contributed by atoms with van der Waals surface area (Å²) in [5, 5.41) is 6.09. The van der Waals surface area contributed by atoms with Crippen LogP contribution >= 0.6 is 11.3 Å². The molecule has 0 aliphatic carbocycles. The molecule has 1 amide bonds. The lowest BCUT2D eigenvalue weighted by Gasteiger charge is -2.14. The van der Waals surface area contributed by atoms with Crippen molar-refractivity contribution in [1.29, 1.82) is 0 Å². The van der Waals surface area contributed by atoms with Crippen LogP contribution in [0.25, 0.3) is 0 Å². The van der Waals surface area contributed by atoms with Gasteiger partial charge in [-0.15, -0.1) is 11.3 Å². The van der Waals surface area contributed by atoms with E-state index in [-0.39, 0.29) is 5.91 Å². The van der Waals surface area contributed by atoms with Crippen LogP contribution in [-0.4, -0.2) is 24.0 Å². The summed E-state index contributed by atoms with van der Waals surface area (Å²) in [6.07, 6.45) is 1.12. The van der Waals surface area contributed by atoms with Gasteiger partial charge in [0, 0.05) is 25.4 Å². The summed E-state index contributed by atoms with van der Waals surface area (Å²) in [5.41, 5.74) is 1.01. The monoisotopic (exact) mass is 241 g/mol. The Morgan fingerprint density at radius 2 is 2.31 bits per heavy atom. The molecule has 1 N–H and O–H groups in total. The number of amides is 1. The number of hydrogen-bond donors (Lipinski definition) is 1. The first-order chi connectivity index (χ1) is 7.69. The van der Waals surface area contributed by atoms with Crippen molar-refractivity contribution in [2.24, 2.45) is 0 Å². The Bertz CT molecular complexity index is 338. The number of rotatable bonds is 6. The van der Waals surface area contributed by atoms with Crippen molar-refractivity contribution in [3.63, 3.8) is 0 Å². The Hall–Kier alpha value is -0.940. The van der Waals surface area contributed by atoms with Gasteiger partial charge in [0.05, 0.1) is 5.69 Å². The molecule has 5 heteroatoms. The third kappa shape index (κ3) is 3.57. The van der Waals surface area contributed by atoms with Gasteiger partial charge in [-0.2, -0.15) is 0 Å². The quantitative estimate of drug-likeness (QED) is 0.775. The molecule has 0 aliphatic rings. The van der Waals surface area contributed by atoms with Gasteiger partial charge in [0.2, 0.25) is 5.91 Å². The highest BCUT2D eigenvalue weighted by atomic mass is 32.1. The van der Waals surface area contributed by atoms with Gasteiger partial charge in [-0.1, -0.05) is 6.92 Å². The van der Waals surface area contributed by atoms with E-state index in [4.69, 9.17) is 0 Å². The fourth-order valence-corrected chi connectivity index (χ4v) is 2.32. The van der Waals surface area contributed by atoms with E-state index in [0.717, 1.165) is 30.3 Å². The van der Waals surface area contributed by atoms with Crippen molar-refractivity contribution >= 4 is 22.4 Å². The Labute approximate surface area is 101 Å². The molecular weight excluding hydrogens is 222 g/mol. The minimum atomic E-state index is 0.0462. The first-order valence-electron chi connectivity index (χ1n) is 5.62. The molecule has 0 atom stereocenters. The van der Waals surface area contributed by atoms with Gasteiger partial charge in [-0.25, -0.2) is 4.98 Å². The van der Waals surface area contributed by atoms with E-state index in [1.54, 1.807) is 11.8 Å². The molecule has 0 spiro atoms. The molecule has 90 valence electrons. The molecule has 1 aromatic heterocycles. The maximum atomic E-state index is 11.3. The second-order valence-electron chi connectivity index (χ2n) is 3.56. The molecule has 1 aromatic rings. The Balaban J connectivity index is 2.59.